The van der Waals surface area contributed by atoms with Crippen molar-refractivity contribution in [3.63, 3.8) is 0 Å². The lowest BCUT2D eigenvalue weighted by atomic mass is 10.1. The van der Waals surface area contributed by atoms with Crippen molar-refractivity contribution < 1.29 is 9.47 Å². The van der Waals surface area contributed by atoms with Gasteiger partial charge in [0.2, 0.25) is 0 Å². The van der Waals surface area contributed by atoms with E-state index in [4.69, 9.17) is 15.2 Å². The van der Waals surface area contributed by atoms with Crippen LogP contribution in [0.15, 0.2) is 0 Å². The molecule has 2 rings (SSSR count). The molecule has 1 aliphatic rings. The number of nitrogens with zero attached hydrogens (tertiary/aromatic N) is 2. The van der Waals surface area contributed by atoms with Gasteiger partial charge < -0.3 is 20.1 Å². The van der Waals surface area contributed by atoms with Gasteiger partial charge in [-0.05, 0) is 24.9 Å². The molecule has 0 radical (unpaired) electrons. The fourth-order valence-electron chi connectivity index (χ4n) is 2.16. The zero-order chi connectivity index (χ0) is 12.3. The van der Waals surface area contributed by atoms with Crippen LogP contribution in [0.2, 0.25) is 0 Å². The number of nitrogen functional groups attached to an aromatic ring is 1. The predicted octanol–water partition coefficient (Wildman–Crippen LogP) is 1.60. The van der Waals surface area contributed by atoms with E-state index in [1.165, 1.54) is 11.5 Å². The van der Waals surface area contributed by atoms with Gasteiger partial charge in [0.1, 0.15) is 0 Å². The van der Waals surface area contributed by atoms with Crippen LogP contribution in [0.25, 0.3) is 0 Å². The quantitative estimate of drug-likeness (QED) is 0.868. The highest BCUT2D eigenvalue weighted by Gasteiger charge is 2.27. The van der Waals surface area contributed by atoms with Gasteiger partial charge in [0.15, 0.2) is 16.6 Å². The molecule has 0 saturated carbocycles. The Morgan fingerprint density at radius 1 is 1.59 bits per heavy atom. The summed E-state index contributed by atoms with van der Waals surface area (Å²) in [6, 6.07) is 0. The van der Waals surface area contributed by atoms with Crippen LogP contribution in [0.4, 0.5) is 10.8 Å². The van der Waals surface area contributed by atoms with Crippen molar-refractivity contribution in [3.05, 3.63) is 0 Å². The Kier molecular flexibility index (Phi) is 4.06. The largest absolute Gasteiger partial charge is 0.487 e. The number of methoxy groups -OCH3 is 1. The maximum Gasteiger partial charge on any atom is 0.197 e. The van der Waals surface area contributed by atoms with E-state index in [-0.39, 0.29) is 0 Å². The molecule has 2 heterocycles. The zero-order valence-electron chi connectivity index (χ0n) is 10.3. The molecule has 96 valence electrons. The summed E-state index contributed by atoms with van der Waals surface area (Å²) in [7, 11) is 1.75. The molecule has 1 aromatic rings. The van der Waals surface area contributed by atoms with E-state index in [0.29, 0.717) is 18.3 Å². The van der Waals surface area contributed by atoms with Crippen molar-refractivity contribution in [2.24, 2.45) is 5.92 Å². The maximum atomic E-state index is 5.81. The minimum absolute atomic E-state index is 0.502. The van der Waals surface area contributed by atoms with Crippen LogP contribution in [0.5, 0.6) is 5.75 Å². The Morgan fingerprint density at radius 3 is 3.12 bits per heavy atom. The molecule has 0 amide bonds. The Bertz CT molecular complexity index is 370. The molecule has 1 fully saturated rings. The lowest BCUT2D eigenvalue weighted by Gasteiger charge is -2.17. The van der Waals surface area contributed by atoms with Crippen LogP contribution < -0.4 is 15.4 Å². The molecular weight excluding hydrogens is 238 g/mol. The maximum absolute atomic E-state index is 5.81. The van der Waals surface area contributed by atoms with E-state index in [2.05, 4.69) is 9.27 Å². The standard InChI is InChI=1S/C11H19N3O2S/c1-3-16-9-10(12)13-17-11(9)14-5-4-8(6-14)7-15-2/h8H,3-7H2,1-2H3,(H2,12,13). The van der Waals surface area contributed by atoms with Crippen molar-refractivity contribution in [2.45, 2.75) is 13.3 Å². The second kappa shape index (κ2) is 5.55. The summed E-state index contributed by atoms with van der Waals surface area (Å²) in [5, 5.41) is 1.06. The van der Waals surface area contributed by atoms with Gasteiger partial charge in [0, 0.05) is 26.1 Å². The second-order valence-electron chi connectivity index (χ2n) is 4.19. The third-order valence-electron chi connectivity index (χ3n) is 2.92. The molecule has 0 bridgehead atoms. The van der Waals surface area contributed by atoms with Crippen molar-refractivity contribution in [1.82, 2.24) is 4.37 Å². The van der Waals surface area contributed by atoms with Crippen LogP contribution in [-0.2, 0) is 4.74 Å². The fourth-order valence-corrected chi connectivity index (χ4v) is 2.95. The third kappa shape index (κ3) is 2.63. The average molecular weight is 257 g/mol. The first-order valence-corrected chi connectivity index (χ1v) is 6.65. The van der Waals surface area contributed by atoms with Gasteiger partial charge in [-0.3, -0.25) is 0 Å². The second-order valence-corrected chi connectivity index (χ2v) is 4.94. The highest BCUT2D eigenvalue weighted by atomic mass is 32.1. The summed E-state index contributed by atoms with van der Waals surface area (Å²) in [5.41, 5.74) is 5.81. The smallest absolute Gasteiger partial charge is 0.197 e. The van der Waals surface area contributed by atoms with E-state index >= 15 is 0 Å². The van der Waals surface area contributed by atoms with Gasteiger partial charge >= 0.3 is 0 Å². The summed E-state index contributed by atoms with van der Waals surface area (Å²) in [6.07, 6.45) is 1.15. The molecular formula is C11H19N3O2S. The van der Waals surface area contributed by atoms with E-state index < -0.39 is 0 Å². The van der Waals surface area contributed by atoms with Crippen molar-refractivity contribution >= 4 is 22.4 Å². The number of hydrogen-bond donors (Lipinski definition) is 1. The number of nitrogens with two attached hydrogens (primary N) is 1. The van der Waals surface area contributed by atoms with Gasteiger partial charge in [-0.1, -0.05) is 0 Å². The zero-order valence-corrected chi connectivity index (χ0v) is 11.1. The van der Waals surface area contributed by atoms with Crippen LogP contribution >= 0.6 is 11.5 Å². The van der Waals surface area contributed by atoms with E-state index in [9.17, 15) is 0 Å². The molecule has 0 aliphatic carbocycles. The van der Waals surface area contributed by atoms with Crippen LogP contribution in [0.1, 0.15) is 13.3 Å². The van der Waals surface area contributed by atoms with E-state index in [0.717, 1.165) is 36.9 Å². The molecule has 0 aromatic carbocycles. The van der Waals surface area contributed by atoms with Crippen LogP contribution in [-0.4, -0.2) is 37.8 Å². The summed E-state index contributed by atoms with van der Waals surface area (Å²) in [5.74, 6) is 1.84. The van der Waals surface area contributed by atoms with Gasteiger partial charge in [-0.25, -0.2) is 0 Å². The topological polar surface area (TPSA) is 60.6 Å². The highest BCUT2D eigenvalue weighted by molar-refractivity contribution is 7.11. The molecule has 0 spiro atoms. The van der Waals surface area contributed by atoms with Gasteiger partial charge in [-0.2, -0.15) is 4.37 Å². The first-order chi connectivity index (χ1) is 8.26. The molecule has 1 atom stereocenters. The fraction of sp³-hybridized carbons (Fsp3) is 0.727. The first kappa shape index (κ1) is 12.4. The highest BCUT2D eigenvalue weighted by Crippen LogP contribution is 2.40. The van der Waals surface area contributed by atoms with Crippen molar-refractivity contribution in [1.29, 1.82) is 0 Å². The molecule has 1 saturated heterocycles. The molecule has 6 heteroatoms. The summed E-state index contributed by atoms with van der Waals surface area (Å²) < 4.78 is 14.9. The van der Waals surface area contributed by atoms with E-state index in [1.54, 1.807) is 7.11 Å². The summed E-state index contributed by atoms with van der Waals surface area (Å²) >= 11 is 1.42. The van der Waals surface area contributed by atoms with E-state index in [1.807, 2.05) is 6.92 Å². The number of rotatable bonds is 5. The summed E-state index contributed by atoms with van der Waals surface area (Å²) in [4.78, 5) is 2.29. The third-order valence-corrected chi connectivity index (χ3v) is 3.83. The minimum Gasteiger partial charge on any atom is -0.487 e. The van der Waals surface area contributed by atoms with Crippen LogP contribution in [0, 0.1) is 5.92 Å². The Morgan fingerprint density at radius 2 is 2.41 bits per heavy atom. The number of anilines is 2. The SMILES string of the molecule is CCOc1c(N)nsc1N1CCC(COC)C1. The molecule has 2 N–H and O–H groups in total. The average Bonchev–Trinajstić information content (AvgIpc) is 2.89. The molecule has 1 aliphatic heterocycles. The van der Waals surface area contributed by atoms with Crippen LogP contribution in [0.3, 0.4) is 0 Å². The number of hydrogen-bond acceptors (Lipinski definition) is 6. The molecule has 17 heavy (non-hydrogen) atoms. The van der Waals surface area contributed by atoms with Crippen molar-refractivity contribution in [2.75, 3.05) is 44.0 Å². The predicted molar refractivity (Wildman–Crippen MR) is 69.9 cm³/mol. The van der Waals surface area contributed by atoms with Gasteiger partial charge in [0.05, 0.1) is 13.2 Å². The number of ether oxygens (including phenoxy) is 2. The Hall–Kier alpha value is -1.01. The lowest BCUT2D eigenvalue weighted by Crippen LogP contribution is -2.20. The Balaban J connectivity index is 2.07. The normalized spacial score (nSPS) is 19.9. The first-order valence-electron chi connectivity index (χ1n) is 5.88. The molecule has 1 unspecified atom stereocenters. The lowest BCUT2D eigenvalue weighted by molar-refractivity contribution is 0.161. The molecule has 5 nitrogen and oxygen atoms in total. The minimum atomic E-state index is 0.502. The van der Waals surface area contributed by atoms with Gasteiger partial charge in [-0.15, -0.1) is 0 Å². The Labute approximate surface area is 106 Å². The van der Waals surface area contributed by atoms with Crippen molar-refractivity contribution in [3.8, 4) is 5.75 Å². The number of aromatic nitrogens is 1. The summed E-state index contributed by atoms with van der Waals surface area (Å²) in [6.45, 7) is 5.41. The van der Waals surface area contributed by atoms with Gasteiger partial charge in [0.25, 0.3) is 0 Å². The monoisotopic (exact) mass is 257 g/mol. The molecule has 1 aromatic heterocycles.